The summed E-state index contributed by atoms with van der Waals surface area (Å²) in [6.45, 7) is 0. The molecular formula is C20H17F2N3O3. The van der Waals surface area contributed by atoms with Crippen LogP contribution >= 0.6 is 0 Å². The Kier molecular flexibility index (Phi) is 5.69. The molecule has 0 fully saturated rings. The van der Waals surface area contributed by atoms with Crippen molar-refractivity contribution in [3.63, 3.8) is 0 Å². The third-order valence-electron chi connectivity index (χ3n) is 3.88. The zero-order chi connectivity index (χ0) is 20.1. The van der Waals surface area contributed by atoms with Gasteiger partial charge in [0.25, 0.3) is 5.91 Å². The Morgan fingerprint density at radius 1 is 1.00 bits per heavy atom. The van der Waals surface area contributed by atoms with Gasteiger partial charge >= 0.3 is 0 Å². The standard InChI is InChI=1S/C20H17F2N3O3/c1-27-13-6-7-16(18(11-13)28-2)25-20(26)17-10-12(8-9-23-17)24-19-14(21)4-3-5-15(19)22/h3-11H,1-2H3,(H,23,24)(H,25,26). The number of methoxy groups -OCH3 is 2. The highest BCUT2D eigenvalue weighted by Crippen LogP contribution is 2.29. The van der Waals surface area contributed by atoms with E-state index in [1.165, 1.54) is 38.6 Å². The van der Waals surface area contributed by atoms with Crippen LogP contribution in [0.25, 0.3) is 0 Å². The normalized spacial score (nSPS) is 10.3. The first-order chi connectivity index (χ1) is 13.5. The van der Waals surface area contributed by atoms with Crippen molar-refractivity contribution in [2.24, 2.45) is 0 Å². The zero-order valence-corrected chi connectivity index (χ0v) is 15.1. The van der Waals surface area contributed by atoms with Gasteiger partial charge in [-0.25, -0.2) is 8.78 Å². The van der Waals surface area contributed by atoms with Crippen LogP contribution in [0.3, 0.4) is 0 Å². The predicted octanol–water partition coefficient (Wildman–Crippen LogP) is 4.37. The van der Waals surface area contributed by atoms with Crippen molar-refractivity contribution in [1.29, 1.82) is 0 Å². The first-order valence-electron chi connectivity index (χ1n) is 8.22. The minimum Gasteiger partial charge on any atom is -0.497 e. The maximum Gasteiger partial charge on any atom is 0.274 e. The number of hydrogen-bond donors (Lipinski definition) is 2. The van der Waals surface area contributed by atoms with E-state index in [2.05, 4.69) is 15.6 Å². The van der Waals surface area contributed by atoms with Crippen molar-refractivity contribution in [3.05, 3.63) is 72.1 Å². The van der Waals surface area contributed by atoms with Crippen LogP contribution in [0.4, 0.5) is 25.8 Å². The second-order valence-corrected chi connectivity index (χ2v) is 5.67. The Balaban J connectivity index is 1.81. The van der Waals surface area contributed by atoms with E-state index in [4.69, 9.17) is 9.47 Å². The lowest BCUT2D eigenvalue weighted by Gasteiger charge is -2.12. The highest BCUT2D eigenvalue weighted by Gasteiger charge is 2.14. The van der Waals surface area contributed by atoms with E-state index in [9.17, 15) is 13.6 Å². The summed E-state index contributed by atoms with van der Waals surface area (Å²) in [4.78, 5) is 16.5. The van der Waals surface area contributed by atoms with Crippen LogP contribution in [0, 0.1) is 11.6 Å². The Bertz CT molecular complexity index is 991. The van der Waals surface area contributed by atoms with Gasteiger partial charge in [0, 0.05) is 18.0 Å². The SMILES string of the molecule is COc1ccc(NC(=O)c2cc(Nc3c(F)cccc3F)ccn2)c(OC)c1. The number of anilines is 3. The summed E-state index contributed by atoms with van der Waals surface area (Å²) < 4.78 is 38.0. The number of rotatable bonds is 6. The molecule has 28 heavy (non-hydrogen) atoms. The van der Waals surface area contributed by atoms with E-state index < -0.39 is 17.5 Å². The van der Waals surface area contributed by atoms with Crippen LogP contribution in [0.5, 0.6) is 11.5 Å². The van der Waals surface area contributed by atoms with Crippen LogP contribution in [0.15, 0.2) is 54.7 Å². The average molecular weight is 385 g/mol. The number of amides is 1. The van der Waals surface area contributed by atoms with Gasteiger partial charge in [-0.15, -0.1) is 0 Å². The van der Waals surface area contributed by atoms with Gasteiger partial charge in [-0.2, -0.15) is 0 Å². The molecule has 3 rings (SSSR count). The Morgan fingerprint density at radius 2 is 1.75 bits per heavy atom. The van der Waals surface area contributed by atoms with Crippen molar-refractivity contribution in [3.8, 4) is 11.5 Å². The second kappa shape index (κ2) is 8.34. The van der Waals surface area contributed by atoms with Gasteiger partial charge in [0.05, 0.1) is 19.9 Å². The lowest BCUT2D eigenvalue weighted by Crippen LogP contribution is -2.14. The molecule has 0 bridgehead atoms. The maximum absolute atomic E-state index is 13.8. The van der Waals surface area contributed by atoms with Gasteiger partial charge in [0.2, 0.25) is 0 Å². The largest absolute Gasteiger partial charge is 0.497 e. The fourth-order valence-corrected chi connectivity index (χ4v) is 2.48. The van der Waals surface area contributed by atoms with Crippen molar-refractivity contribution in [2.75, 3.05) is 24.9 Å². The molecule has 1 heterocycles. The van der Waals surface area contributed by atoms with E-state index in [1.807, 2.05) is 0 Å². The Hall–Kier alpha value is -3.68. The van der Waals surface area contributed by atoms with Crippen LogP contribution in [-0.4, -0.2) is 25.1 Å². The first-order valence-corrected chi connectivity index (χ1v) is 8.22. The number of pyridine rings is 1. The minimum absolute atomic E-state index is 0.0552. The molecule has 144 valence electrons. The molecule has 1 aromatic heterocycles. The monoisotopic (exact) mass is 385 g/mol. The summed E-state index contributed by atoms with van der Waals surface area (Å²) in [7, 11) is 2.99. The molecule has 0 atom stereocenters. The second-order valence-electron chi connectivity index (χ2n) is 5.67. The van der Waals surface area contributed by atoms with Gasteiger partial charge in [-0.05, 0) is 36.4 Å². The zero-order valence-electron chi connectivity index (χ0n) is 15.1. The van der Waals surface area contributed by atoms with E-state index in [0.717, 1.165) is 12.1 Å². The first kappa shape index (κ1) is 19.1. The van der Waals surface area contributed by atoms with Gasteiger partial charge in [0.1, 0.15) is 34.5 Å². The molecule has 0 unspecified atom stereocenters. The number of hydrogen-bond acceptors (Lipinski definition) is 5. The summed E-state index contributed by atoms with van der Waals surface area (Å²) in [5, 5.41) is 5.31. The molecule has 8 heteroatoms. The number of carbonyl (C=O) groups is 1. The molecule has 3 aromatic rings. The third kappa shape index (κ3) is 4.17. The van der Waals surface area contributed by atoms with Crippen LogP contribution in [-0.2, 0) is 0 Å². The predicted molar refractivity (Wildman–Crippen MR) is 101 cm³/mol. The van der Waals surface area contributed by atoms with Gasteiger partial charge in [-0.3, -0.25) is 9.78 Å². The average Bonchev–Trinajstić information content (AvgIpc) is 2.71. The number of ether oxygens (including phenoxy) is 2. The fraction of sp³-hybridized carbons (Fsp3) is 0.100. The van der Waals surface area contributed by atoms with Gasteiger partial charge in [0.15, 0.2) is 0 Å². The molecule has 0 aliphatic carbocycles. The van der Waals surface area contributed by atoms with Crippen LogP contribution < -0.4 is 20.1 Å². The molecule has 0 aliphatic heterocycles. The summed E-state index contributed by atoms with van der Waals surface area (Å²) in [5.41, 5.74) is 0.482. The smallest absolute Gasteiger partial charge is 0.274 e. The summed E-state index contributed by atoms with van der Waals surface area (Å²) in [5.74, 6) is -1.01. The van der Waals surface area contributed by atoms with Gasteiger partial charge < -0.3 is 20.1 Å². The van der Waals surface area contributed by atoms with Crippen molar-refractivity contribution in [1.82, 2.24) is 4.98 Å². The maximum atomic E-state index is 13.8. The lowest BCUT2D eigenvalue weighted by molar-refractivity contribution is 0.102. The Morgan fingerprint density at radius 3 is 2.43 bits per heavy atom. The van der Waals surface area contributed by atoms with E-state index >= 15 is 0 Å². The summed E-state index contributed by atoms with van der Waals surface area (Å²) >= 11 is 0. The van der Waals surface area contributed by atoms with E-state index in [0.29, 0.717) is 22.9 Å². The Labute approximate surface area is 160 Å². The van der Waals surface area contributed by atoms with Crippen LogP contribution in [0.2, 0.25) is 0 Å². The highest BCUT2D eigenvalue weighted by molar-refractivity contribution is 6.04. The van der Waals surface area contributed by atoms with E-state index in [1.54, 1.807) is 18.2 Å². The van der Waals surface area contributed by atoms with Crippen molar-refractivity contribution < 1.29 is 23.0 Å². The molecule has 0 saturated heterocycles. The highest BCUT2D eigenvalue weighted by atomic mass is 19.1. The molecule has 0 saturated carbocycles. The molecular weight excluding hydrogens is 368 g/mol. The number of halogens is 2. The molecule has 1 amide bonds. The number of nitrogens with zero attached hydrogens (tertiary/aromatic N) is 1. The molecule has 6 nitrogen and oxygen atoms in total. The third-order valence-corrected chi connectivity index (χ3v) is 3.88. The van der Waals surface area contributed by atoms with E-state index in [-0.39, 0.29) is 11.4 Å². The number of benzene rings is 2. The minimum atomic E-state index is -0.745. The fourth-order valence-electron chi connectivity index (χ4n) is 2.48. The molecule has 2 aromatic carbocycles. The van der Waals surface area contributed by atoms with Crippen LogP contribution in [0.1, 0.15) is 10.5 Å². The molecule has 2 N–H and O–H groups in total. The number of aromatic nitrogens is 1. The number of carbonyl (C=O) groups excluding carboxylic acids is 1. The topological polar surface area (TPSA) is 72.5 Å². The van der Waals surface area contributed by atoms with Crippen molar-refractivity contribution >= 4 is 23.0 Å². The van der Waals surface area contributed by atoms with Gasteiger partial charge in [-0.1, -0.05) is 6.07 Å². The number of nitrogens with one attached hydrogen (secondary N) is 2. The quantitative estimate of drug-likeness (QED) is 0.659. The van der Waals surface area contributed by atoms with Crippen molar-refractivity contribution in [2.45, 2.75) is 0 Å². The molecule has 0 aliphatic rings. The summed E-state index contributed by atoms with van der Waals surface area (Å²) in [6.07, 6.45) is 1.36. The molecule has 0 radical (unpaired) electrons. The lowest BCUT2D eigenvalue weighted by atomic mass is 10.2. The number of para-hydroxylation sites is 1. The summed E-state index contributed by atoms with van der Waals surface area (Å²) in [6, 6.07) is 11.3. The molecule has 0 spiro atoms.